The molecule has 0 saturated heterocycles. The fourth-order valence-electron chi connectivity index (χ4n) is 9.16. The molecule has 426 valence electrons. The topological polar surface area (TPSA) is 111 Å². The van der Waals surface area contributed by atoms with E-state index in [1.165, 1.54) is 238 Å². The van der Waals surface area contributed by atoms with Gasteiger partial charge in [-0.15, -0.1) is 0 Å². The second kappa shape index (κ2) is 54.3. The van der Waals surface area contributed by atoms with Crippen LogP contribution in [0.1, 0.15) is 309 Å². The van der Waals surface area contributed by atoms with Gasteiger partial charge in [0.25, 0.3) is 7.82 Å². The van der Waals surface area contributed by atoms with Crippen molar-refractivity contribution in [2.24, 2.45) is 0 Å². The molecular weight excluding hydrogens is 918 g/mol. The fraction of sp³-hybridized carbons (Fsp3) is 0.903. The van der Waals surface area contributed by atoms with Crippen molar-refractivity contribution in [2.75, 3.05) is 47.5 Å². The van der Waals surface area contributed by atoms with E-state index in [1.807, 2.05) is 21.1 Å². The lowest BCUT2D eigenvalue weighted by Gasteiger charge is -2.28. The van der Waals surface area contributed by atoms with Crippen molar-refractivity contribution >= 4 is 19.8 Å². The molecule has 2 atom stereocenters. The van der Waals surface area contributed by atoms with E-state index in [4.69, 9.17) is 18.5 Å². The van der Waals surface area contributed by atoms with Gasteiger partial charge in [-0.3, -0.25) is 14.2 Å². The minimum Gasteiger partial charge on any atom is -0.756 e. The van der Waals surface area contributed by atoms with Gasteiger partial charge in [0.05, 0.1) is 27.7 Å². The highest BCUT2D eigenvalue weighted by atomic mass is 31.2. The lowest BCUT2D eigenvalue weighted by atomic mass is 10.0. The third-order valence-electron chi connectivity index (χ3n) is 14.0. The number of phosphoric acid groups is 1. The molecule has 0 rings (SSSR count). The van der Waals surface area contributed by atoms with Crippen LogP contribution < -0.4 is 4.89 Å². The van der Waals surface area contributed by atoms with Gasteiger partial charge in [0.1, 0.15) is 19.8 Å². The smallest absolute Gasteiger partial charge is 0.306 e. The van der Waals surface area contributed by atoms with E-state index in [1.54, 1.807) is 0 Å². The minimum atomic E-state index is -4.63. The van der Waals surface area contributed by atoms with Crippen molar-refractivity contribution in [1.29, 1.82) is 0 Å². The zero-order chi connectivity index (χ0) is 52.7. The number of rotatable bonds is 58. The summed E-state index contributed by atoms with van der Waals surface area (Å²) in [5.41, 5.74) is 0. The van der Waals surface area contributed by atoms with Crippen LogP contribution in [-0.2, 0) is 32.7 Å². The number of hydrogen-bond acceptors (Lipinski definition) is 8. The molecule has 2 unspecified atom stereocenters. The Morgan fingerprint density at radius 3 is 1.10 bits per heavy atom. The number of hydrogen-bond donors (Lipinski definition) is 0. The van der Waals surface area contributed by atoms with Gasteiger partial charge in [0.15, 0.2) is 6.10 Å². The van der Waals surface area contributed by atoms with Gasteiger partial charge in [-0.05, 0) is 44.9 Å². The normalized spacial score (nSPS) is 13.4. The average molecular weight is 1040 g/mol. The summed E-state index contributed by atoms with van der Waals surface area (Å²) >= 11 is 0. The number of esters is 2. The second-order valence-electron chi connectivity index (χ2n) is 22.4. The Bertz CT molecular complexity index is 1270. The van der Waals surface area contributed by atoms with Crippen molar-refractivity contribution in [2.45, 2.75) is 315 Å². The lowest BCUT2D eigenvalue weighted by Crippen LogP contribution is -2.37. The zero-order valence-corrected chi connectivity index (χ0v) is 49.3. The number of nitrogens with zero attached hydrogens (tertiary/aromatic N) is 1. The molecular formula is C62H120NO8P. The number of carbonyl (C=O) groups excluding carboxylic acids is 2. The minimum absolute atomic E-state index is 0.0268. The van der Waals surface area contributed by atoms with Crippen LogP contribution in [0.15, 0.2) is 24.3 Å². The lowest BCUT2D eigenvalue weighted by molar-refractivity contribution is -0.870. The highest BCUT2D eigenvalue weighted by Gasteiger charge is 2.22. The van der Waals surface area contributed by atoms with Gasteiger partial charge in [0.2, 0.25) is 0 Å². The molecule has 9 nitrogen and oxygen atoms in total. The number of allylic oxidation sites excluding steroid dienone is 4. The number of ether oxygens (including phenoxy) is 2. The molecule has 0 aromatic heterocycles. The van der Waals surface area contributed by atoms with E-state index in [0.717, 1.165) is 38.5 Å². The van der Waals surface area contributed by atoms with Crippen LogP contribution in [-0.4, -0.2) is 70.0 Å². The Hall–Kier alpha value is -1.51. The van der Waals surface area contributed by atoms with Crippen LogP contribution >= 0.6 is 7.82 Å². The summed E-state index contributed by atoms with van der Waals surface area (Å²) in [7, 11) is 1.18. The largest absolute Gasteiger partial charge is 0.756 e. The summed E-state index contributed by atoms with van der Waals surface area (Å²) in [4.78, 5) is 37.8. The predicted octanol–water partition coefficient (Wildman–Crippen LogP) is 18.7. The van der Waals surface area contributed by atoms with Crippen molar-refractivity contribution in [1.82, 2.24) is 0 Å². The number of quaternary nitrogens is 1. The summed E-state index contributed by atoms with van der Waals surface area (Å²) < 4.78 is 34.1. The third kappa shape index (κ3) is 57.8. The summed E-state index contributed by atoms with van der Waals surface area (Å²) in [6.45, 7) is 4.27. The van der Waals surface area contributed by atoms with Gasteiger partial charge >= 0.3 is 11.9 Å². The molecule has 0 bridgehead atoms. The van der Waals surface area contributed by atoms with Crippen molar-refractivity contribution in [3.05, 3.63) is 24.3 Å². The number of carbonyl (C=O) groups is 2. The number of unbranched alkanes of at least 4 members (excludes halogenated alkanes) is 40. The molecule has 0 heterocycles. The highest BCUT2D eigenvalue weighted by molar-refractivity contribution is 7.45. The first kappa shape index (κ1) is 70.5. The Labute approximate surface area is 447 Å². The molecule has 10 heteroatoms. The number of phosphoric ester groups is 1. The predicted molar refractivity (Wildman–Crippen MR) is 305 cm³/mol. The van der Waals surface area contributed by atoms with Gasteiger partial charge in [-0.1, -0.05) is 276 Å². The summed E-state index contributed by atoms with van der Waals surface area (Å²) in [6, 6.07) is 0. The van der Waals surface area contributed by atoms with Crippen LogP contribution in [0.2, 0.25) is 0 Å². The molecule has 0 N–H and O–H groups in total. The SMILES string of the molecule is CCCCCCC/C=C\C/C=C\CCCCCCCCCCCCCCCCCCCCCCCCCC(=O)OC(COC(=O)CCCCCCCCCCCCCCC)COP(=O)([O-])OCC[N+](C)(C)C. The van der Waals surface area contributed by atoms with Crippen LogP contribution in [0.5, 0.6) is 0 Å². The van der Waals surface area contributed by atoms with E-state index >= 15 is 0 Å². The fourth-order valence-corrected chi connectivity index (χ4v) is 9.89. The molecule has 0 fully saturated rings. The summed E-state index contributed by atoms with van der Waals surface area (Å²) in [6.07, 6.45) is 65.4. The monoisotopic (exact) mass is 1040 g/mol. The molecule has 0 aliphatic carbocycles. The molecule has 0 saturated carbocycles. The average Bonchev–Trinajstić information content (AvgIpc) is 3.34. The van der Waals surface area contributed by atoms with Crippen molar-refractivity contribution in [3.8, 4) is 0 Å². The van der Waals surface area contributed by atoms with Gasteiger partial charge < -0.3 is 27.9 Å². The van der Waals surface area contributed by atoms with E-state index in [0.29, 0.717) is 17.4 Å². The second-order valence-corrected chi connectivity index (χ2v) is 23.8. The van der Waals surface area contributed by atoms with E-state index in [-0.39, 0.29) is 32.0 Å². The third-order valence-corrected chi connectivity index (χ3v) is 14.9. The van der Waals surface area contributed by atoms with Gasteiger partial charge in [-0.2, -0.15) is 0 Å². The molecule has 0 amide bonds. The van der Waals surface area contributed by atoms with Crippen LogP contribution in [0, 0.1) is 0 Å². The van der Waals surface area contributed by atoms with Crippen molar-refractivity contribution < 1.29 is 42.1 Å². The van der Waals surface area contributed by atoms with Crippen LogP contribution in [0.4, 0.5) is 0 Å². The summed E-state index contributed by atoms with van der Waals surface area (Å²) in [5, 5.41) is 0. The standard InChI is InChI=1S/C62H120NO8P/c1-6-8-10-12-14-16-18-20-21-22-23-24-25-26-27-28-29-30-31-32-33-34-35-36-37-38-39-40-41-43-45-47-49-51-53-55-62(65)71-60(59-70-72(66,67)69-57-56-63(3,4)5)58-68-61(64)54-52-50-48-46-44-42-19-17-15-13-11-9-7-2/h18,20,22-23,60H,6-17,19,21,24-59H2,1-5H3/b20-18-,23-22-. The van der Waals surface area contributed by atoms with Crippen molar-refractivity contribution in [3.63, 3.8) is 0 Å². The maximum Gasteiger partial charge on any atom is 0.306 e. The molecule has 72 heavy (non-hydrogen) atoms. The molecule has 0 aliphatic heterocycles. The molecule has 0 radical (unpaired) electrons. The first-order valence-electron chi connectivity index (χ1n) is 31.0. The molecule has 0 aromatic carbocycles. The van der Waals surface area contributed by atoms with Gasteiger partial charge in [-0.25, -0.2) is 0 Å². The van der Waals surface area contributed by atoms with Crippen LogP contribution in [0.25, 0.3) is 0 Å². The Balaban J connectivity index is 3.92. The first-order chi connectivity index (χ1) is 35.0. The Morgan fingerprint density at radius 2 is 0.750 bits per heavy atom. The zero-order valence-electron chi connectivity index (χ0n) is 48.4. The summed E-state index contributed by atoms with van der Waals surface area (Å²) in [5.74, 6) is -0.815. The maximum atomic E-state index is 12.8. The number of likely N-dealkylation sites (N-methyl/N-ethyl adjacent to an activating group) is 1. The Morgan fingerprint density at radius 1 is 0.431 bits per heavy atom. The molecule has 0 aromatic rings. The molecule has 0 spiro atoms. The maximum absolute atomic E-state index is 12.8. The quantitative estimate of drug-likeness (QED) is 0.0195. The highest BCUT2D eigenvalue weighted by Crippen LogP contribution is 2.38. The Kier molecular flexibility index (Phi) is 53.1. The molecule has 0 aliphatic rings. The van der Waals surface area contributed by atoms with Gasteiger partial charge in [0, 0.05) is 12.8 Å². The van der Waals surface area contributed by atoms with E-state index < -0.39 is 26.5 Å². The van der Waals surface area contributed by atoms with E-state index in [2.05, 4.69) is 38.2 Å². The first-order valence-corrected chi connectivity index (χ1v) is 32.5. The van der Waals surface area contributed by atoms with Crippen LogP contribution in [0.3, 0.4) is 0 Å². The van der Waals surface area contributed by atoms with E-state index in [9.17, 15) is 19.0 Å².